The molecule has 0 aliphatic carbocycles. The third kappa shape index (κ3) is 2.40. The molecule has 1 atom stereocenters. The minimum Gasteiger partial charge on any atom is -0.489 e. The largest absolute Gasteiger partial charge is 0.489 e. The van der Waals surface area contributed by atoms with E-state index in [1.807, 2.05) is 0 Å². The molecule has 0 spiro atoms. The molecule has 0 amide bonds. The fraction of sp³-hybridized carbons (Fsp3) is 0.357. The summed E-state index contributed by atoms with van der Waals surface area (Å²) in [7, 11) is 0. The van der Waals surface area contributed by atoms with Gasteiger partial charge in [0.2, 0.25) is 0 Å². The Morgan fingerprint density at radius 1 is 1.53 bits per heavy atom. The van der Waals surface area contributed by atoms with E-state index in [0.29, 0.717) is 23.5 Å². The molecule has 1 fully saturated rings. The van der Waals surface area contributed by atoms with Gasteiger partial charge in [-0.05, 0) is 40.9 Å². The number of hydrogen-bond acceptors (Lipinski definition) is 4. The maximum atomic E-state index is 11.2. The number of carbonyl (C=O) groups is 1. The van der Waals surface area contributed by atoms with Crippen LogP contribution in [-0.4, -0.2) is 25.6 Å². The summed E-state index contributed by atoms with van der Waals surface area (Å²) in [6, 6.07) is 3.52. The summed E-state index contributed by atoms with van der Waals surface area (Å²) in [5.41, 5.74) is 1.20. The van der Waals surface area contributed by atoms with Crippen LogP contribution < -0.4 is 4.74 Å². The average Bonchev–Trinajstić information content (AvgIpc) is 3.08. The standard InChI is InChI=1S/C14H13BrO4/c15-12-6-9(7-16)13(11-3-5-18-14(11)12)19-8-10-2-1-4-17-10/h3,5-7,10H,1-2,4,8H2. The van der Waals surface area contributed by atoms with Crippen molar-refractivity contribution in [2.45, 2.75) is 18.9 Å². The number of halogens is 1. The maximum absolute atomic E-state index is 11.2. The molecule has 0 bridgehead atoms. The summed E-state index contributed by atoms with van der Waals surface area (Å²) < 4.78 is 17.5. The first-order valence-electron chi connectivity index (χ1n) is 6.19. The highest BCUT2D eigenvalue weighted by atomic mass is 79.9. The Bertz CT molecular complexity index is 599. The van der Waals surface area contributed by atoms with Crippen LogP contribution >= 0.6 is 15.9 Å². The molecule has 1 unspecified atom stereocenters. The van der Waals surface area contributed by atoms with Gasteiger partial charge in [0.25, 0.3) is 0 Å². The minimum absolute atomic E-state index is 0.116. The second kappa shape index (κ2) is 5.35. The minimum atomic E-state index is 0.116. The smallest absolute Gasteiger partial charge is 0.153 e. The van der Waals surface area contributed by atoms with Gasteiger partial charge in [-0.3, -0.25) is 4.79 Å². The summed E-state index contributed by atoms with van der Waals surface area (Å²) in [6.45, 7) is 1.25. The number of aldehydes is 1. The second-order valence-corrected chi connectivity index (χ2v) is 5.36. The predicted molar refractivity (Wildman–Crippen MR) is 73.8 cm³/mol. The first-order chi connectivity index (χ1) is 9.29. The molecular formula is C14H13BrO4. The van der Waals surface area contributed by atoms with Crippen LogP contribution in [-0.2, 0) is 4.74 Å². The Balaban J connectivity index is 1.93. The van der Waals surface area contributed by atoms with Gasteiger partial charge >= 0.3 is 0 Å². The van der Waals surface area contributed by atoms with Gasteiger partial charge in [0.15, 0.2) is 11.9 Å². The molecule has 5 heteroatoms. The van der Waals surface area contributed by atoms with E-state index in [4.69, 9.17) is 13.9 Å². The van der Waals surface area contributed by atoms with Crippen LogP contribution in [0.2, 0.25) is 0 Å². The molecular weight excluding hydrogens is 312 g/mol. The zero-order valence-electron chi connectivity index (χ0n) is 10.2. The van der Waals surface area contributed by atoms with Crippen LogP contribution in [0.4, 0.5) is 0 Å². The molecule has 4 nitrogen and oxygen atoms in total. The van der Waals surface area contributed by atoms with Crippen LogP contribution in [0, 0.1) is 0 Å². The van der Waals surface area contributed by atoms with Crippen molar-refractivity contribution in [3.05, 3.63) is 28.4 Å². The van der Waals surface area contributed by atoms with Crippen molar-refractivity contribution in [2.24, 2.45) is 0 Å². The lowest BCUT2D eigenvalue weighted by molar-refractivity contribution is 0.0680. The van der Waals surface area contributed by atoms with E-state index in [1.54, 1.807) is 18.4 Å². The van der Waals surface area contributed by atoms with E-state index in [9.17, 15) is 4.79 Å². The summed E-state index contributed by atoms with van der Waals surface area (Å²) in [6.07, 6.45) is 4.56. The maximum Gasteiger partial charge on any atom is 0.153 e. The van der Waals surface area contributed by atoms with E-state index in [1.165, 1.54) is 0 Å². The number of fused-ring (bicyclic) bond motifs is 1. The van der Waals surface area contributed by atoms with E-state index in [-0.39, 0.29) is 6.10 Å². The van der Waals surface area contributed by atoms with Gasteiger partial charge in [-0.25, -0.2) is 0 Å². The van der Waals surface area contributed by atoms with Crippen LogP contribution in [0.15, 0.2) is 27.3 Å². The Kier molecular flexibility index (Phi) is 3.57. The van der Waals surface area contributed by atoms with Crippen LogP contribution in [0.25, 0.3) is 11.0 Å². The molecule has 19 heavy (non-hydrogen) atoms. The normalized spacial score (nSPS) is 18.9. The molecule has 1 saturated heterocycles. The zero-order valence-corrected chi connectivity index (χ0v) is 11.8. The summed E-state index contributed by atoms with van der Waals surface area (Å²) >= 11 is 3.39. The number of carbonyl (C=O) groups excluding carboxylic acids is 1. The second-order valence-electron chi connectivity index (χ2n) is 4.50. The van der Waals surface area contributed by atoms with Crippen molar-refractivity contribution in [1.29, 1.82) is 0 Å². The molecule has 3 rings (SSSR count). The van der Waals surface area contributed by atoms with Crippen molar-refractivity contribution in [3.63, 3.8) is 0 Å². The molecule has 1 aromatic carbocycles. The van der Waals surface area contributed by atoms with Gasteiger partial charge in [-0.2, -0.15) is 0 Å². The predicted octanol–water partition coefficient (Wildman–Crippen LogP) is 3.57. The van der Waals surface area contributed by atoms with Gasteiger partial charge in [0.05, 0.1) is 27.8 Å². The highest BCUT2D eigenvalue weighted by molar-refractivity contribution is 9.10. The van der Waals surface area contributed by atoms with E-state index in [0.717, 1.165) is 35.6 Å². The highest BCUT2D eigenvalue weighted by Crippen LogP contribution is 2.35. The topological polar surface area (TPSA) is 48.7 Å². The Hall–Kier alpha value is -1.33. The average molecular weight is 325 g/mol. The Morgan fingerprint density at radius 3 is 3.16 bits per heavy atom. The summed E-state index contributed by atoms with van der Waals surface area (Å²) in [4.78, 5) is 11.2. The fourth-order valence-electron chi connectivity index (χ4n) is 2.30. The monoisotopic (exact) mass is 324 g/mol. The van der Waals surface area contributed by atoms with Crippen molar-refractivity contribution >= 4 is 33.2 Å². The van der Waals surface area contributed by atoms with Gasteiger partial charge in [-0.15, -0.1) is 0 Å². The van der Waals surface area contributed by atoms with Gasteiger partial charge in [-0.1, -0.05) is 0 Å². The Morgan fingerprint density at radius 2 is 2.42 bits per heavy atom. The number of ether oxygens (including phenoxy) is 2. The number of furan rings is 1. The third-order valence-corrected chi connectivity index (χ3v) is 3.82. The summed E-state index contributed by atoms with van der Waals surface area (Å²) in [5.74, 6) is 0.567. The molecule has 0 N–H and O–H groups in total. The van der Waals surface area contributed by atoms with Crippen molar-refractivity contribution in [2.75, 3.05) is 13.2 Å². The number of rotatable bonds is 4. The molecule has 100 valence electrons. The molecule has 1 aliphatic heterocycles. The Labute approximate surface area is 118 Å². The van der Waals surface area contributed by atoms with E-state index in [2.05, 4.69) is 15.9 Å². The SMILES string of the molecule is O=Cc1cc(Br)c2occc2c1OCC1CCCO1. The molecule has 1 aromatic heterocycles. The van der Waals surface area contributed by atoms with Crippen molar-refractivity contribution in [1.82, 2.24) is 0 Å². The first-order valence-corrected chi connectivity index (χ1v) is 6.98. The highest BCUT2D eigenvalue weighted by Gasteiger charge is 2.19. The van der Waals surface area contributed by atoms with Crippen LogP contribution in [0.5, 0.6) is 5.75 Å². The number of hydrogen-bond donors (Lipinski definition) is 0. The van der Waals surface area contributed by atoms with Gasteiger partial charge in [0.1, 0.15) is 12.4 Å². The quantitative estimate of drug-likeness (QED) is 0.807. The third-order valence-electron chi connectivity index (χ3n) is 3.24. The molecule has 0 radical (unpaired) electrons. The van der Waals surface area contributed by atoms with Crippen molar-refractivity contribution < 1.29 is 18.7 Å². The van der Waals surface area contributed by atoms with Gasteiger partial charge < -0.3 is 13.9 Å². The van der Waals surface area contributed by atoms with Crippen molar-refractivity contribution in [3.8, 4) is 5.75 Å². The van der Waals surface area contributed by atoms with E-state index >= 15 is 0 Å². The lowest BCUT2D eigenvalue weighted by atomic mass is 10.1. The van der Waals surface area contributed by atoms with E-state index < -0.39 is 0 Å². The summed E-state index contributed by atoms with van der Waals surface area (Å²) in [5, 5.41) is 0.800. The van der Waals surface area contributed by atoms with Crippen LogP contribution in [0.3, 0.4) is 0 Å². The fourth-order valence-corrected chi connectivity index (χ4v) is 2.85. The van der Waals surface area contributed by atoms with Crippen LogP contribution in [0.1, 0.15) is 23.2 Å². The lowest BCUT2D eigenvalue weighted by Gasteiger charge is -2.14. The molecule has 1 aliphatic rings. The molecule has 0 saturated carbocycles. The first kappa shape index (κ1) is 12.7. The molecule has 2 aromatic rings. The number of benzene rings is 1. The lowest BCUT2D eigenvalue weighted by Crippen LogP contribution is -2.17. The molecule has 2 heterocycles. The van der Waals surface area contributed by atoms with Gasteiger partial charge in [0, 0.05) is 6.61 Å². The zero-order chi connectivity index (χ0) is 13.2.